The molecule has 0 aliphatic carbocycles. The number of aromatic nitrogens is 4. The molecule has 340 valence electrons. The summed E-state index contributed by atoms with van der Waals surface area (Å²) >= 11 is 2.17. The van der Waals surface area contributed by atoms with Crippen molar-refractivity contribution in [2.45, 2.75) is 61.7 Å². The maximum Gasteiger partial charge on any atom is 0.266 e. The van der Waals surface area contributed by atoms with Gasteiger partial charge in [0.25, 0.3) is 12.9 Å². The number of carbonyl (C=O) groups is 2. The molecule has 0 saturated carbocycles. The molecular formula is C34H38F6N8O10S4. The molecule has 2 heterocycles. The lowest BCUT2D eigenvalue weighted by atomic mass is 10.0. The summed E-state index contributed by atoms with van der Waals surface area (Å²) in [6, 6.07) is 5.37. The zero-order valence-corrected chi connectivity index (χ0v) is 36.0. The van der Waals surface area contributed by atoms with E-state index in [-0.39, 0.29) is 68.3 Å². The van der Waals surface area contributed by atoms with Gasteiger partial charge in [-0.25, -0.2) is 52.4 Å². The van der Waals surface area contributed by atoms with Gasteiger partial charge >= 0.3 is 0 Å². The van der Waals surface area contributed by atoms with Crippen molar-refractivity contribution in [1.29, 1.82) is 0 Å². The molecule has 0 bridgehead atoms. The molecule has 0 fully saturated rings. The van der Waals surface area contributed by atoms with E-state index in [1.54, 1.807) is 13.8 Å². The Bertz CT molecular complexity index is 2290. The zero-order chi connectivity index (χ0) is 46.4. The summed E-state index contributed by atoms with van der Waals surface area (Å²) in [5.74, 6) is -4.18. The Morgan fingerprint density at radius 3 is 1.34 bits per heavy atom. The van der Waals surface area contributed by atoms with Crippen molar-refractivity contribution >= 4 is 66.4 Å². The Morgan fingerprint density at radius 1 is 0.677 bits per heavy atom. The standard InChI is InChI=1S/2C17H19F3N4O5S2/c2*1-9(21-14(25)8-31(2,27)28)7-30-17-15(23-29-24-17)13(22-26)6-10-3-4-12(18)11(5-10)16(19)20/h2*3-5,9,16,26H,6-8H2,1-2H3,(H,21,25)/t2*9-/m10/s1. The lowest BCUT2D eigenvalue weighted by Crippen LogP contribution is -2.37. The van der Waals surface area contributed by atoms with E-state index in [9.17, 15) is 63.2 Å². The van der Waals surface area contributed by atoms with E-state index in [1.807, 2.05) is 0 Å². The number of hydrogen-bond donors (Lipinski definition) is 4. The molecule has 62 heavy (non-hydrogen) atoms. The number of benzene rings is 2. The second-order valence-corrected chi connectivity index (χ2v) is 19.6. The molecule has 4 aromatic rings. The van der Waals surface area contributed by atoms with Crippen molar-refractivity contribution in [3.05, 3.63) is 81.7 Å². The Kier molecular flexibility index (Phi) is 19.2. The van der Waals surface area contributed by atoms with Gasteiger partial charge in [-0.15, -0.1) is 0 Å². The SMILES string of the molecule is C[C@@H](CSc1nonc1C(Cc1ccc(F)c(C(F)F)c1)=NO)NC(=O)CS(C)(=O)=O.C[C@H](CSc1nonc1C(Cc1ccc(F)c(C(F)F)c1)=NO)NC(=O)CS(C)(=O)=O. The van der Waals surface area contributed by atoms with Crippen LogP contribution in [0.25, 0.3) is 0 Å². The summed E-state index contributed by atoms with van der Waals surface area (Å²) in [5, 5.41) is 45.1. The summed E-state index contributed by atoms with van der Waals surface area (Å²) < 4.78 is 132. The highest BCUT2D eigenvalue weighted by Crippen LogP contribution is 2.27. The molecule has 28 heteroatoms. The highest BCUT2D eigenvalue weighted by Gasteiger charge is 2.24. The Morgan fingerprint density at radius 2 is 1.03 bits per heavy atom. The minimum Gasteiger partial charge on any atom is -0.411 e. The molecule has 4 rings (SSSR count). The van der Waals surface area contributed by atoms with Crippen LogP contribution in [0.3, 0.4) is 0 Å². The predicted molar refractivity (Wildman–Crippen MR) is 211 cm³/mol. The van der Waals surface area contributed by atoms with E-state index in [1.165, 1.54) is 12.1 Å². The molecule has 2 aromatic carbocycles. The highest BCUT2D eigenvalue weighted by molar-refractivity contribution is 7.99. The number of oxime groups is 2. The molecule has 18 nitrogen and oxygen atoms in total. The molecule has 2 aromatic heterocycles. The fourth-order valence-corrected chi connectivity index (χ4v) is 7.82. The van der Waals surface area contributed by atoms with Crippen molar-refractivity contribution in [2.75, 3.05) is 35.5 Å². The maximum absolute atomic E-state index is 13.5. The highest BCUT2D eigenvalue weighted by atomic mass is 32.2. The number of rotatable bonds is 20. The van der Waals surface area contributed by atoms with Crippen molar-refractivity contribution in [3.63, 3.8) is 0 Å². The van der Waals surface area contributed by atoms with Crippen LogP contribution in [0.2, 0.25) is 0 Å². The molecule has 0 unspecified atom stereocenters. The zero-order valence-electron chi connectivity index (χ0n) is 32.8. The van der Waals surface area contributed by atoms with Gasteiger partial charge in [0.1, 0.15) is 34.6 Å². The molecule has 4 N–H and O–H groups in total. The van der Waals surface area contributed by atoms with Gasteiger partial charge in [0.2, 0.25) is 11.8 Å². The smallest absolute Gasteiger partial charge is 0.266 e. The molecular weight excluding hydrogens is 923 g/mol. The monoisotopic (exact) mass is 960 g/mol. The number of carbonyl (C=O) groups excluding carboxylic acids is 2. The predicted octanol–water partition coefficient (Wildman–Crippen LogP) is 4.42. The number of nitrogens with one attached hydrogen (secondary N) is 2. The first-order valence-electron chi connectivity index (χ1n) is 17.4. The van der Waals surface area contributed by atoms with Gasteiger partial charge in [-0.1, -0.05) is 46.0 Å². The number of nitrogens with zero attached hydrogens (tertiary/aromatic N) is 6. The van der Waals surface area contributed by atoms with Crippen LogP contribution in [0.4, 0.5) is 26.3 Å². The Hall–Kier alpha value is -5.22. The average molecular weight is 961 g/mol. The lowest BCUT2D eigenvalue weighted by Gasteiger charge is -2.12. The second kappa shape index (κ2) is 23.3. The van der Waals surface area contributed by atoms with E-state index in [0.29, 0.717) is 0 Å². The van der Waals surface area contributed by atoms with Crippen LogP contribution in [0, 0.1) is 11.6 Å². The third kappa shape index (κ3) is 16.9. The van der Waals surface area contributed by atoms with Crippen LogP contribution in [-0.2, 0) is 42.1 Å². The molecule has 2 atom stereocenters. The van der Waals surface area contributed by atoms with Crippen LogP contribution >= 0.6 is 23.5 Å². The third-order valence-corrected chi connectivity index (χ3v) is 11.6. The minimum atomic E-state index is -3.46. The Labute approximate surface area is 358 Å². The number of sulfone groups is 2. The number of amides is 2. The first kappa shape index (κ1) is 51.1. The summed E-state index contributed by atoms with van der Waals surface area (Å²) in [6.45, 7) is 3.29. The van der Waals surface area contributed by atoms with E-state index in [4.69, 9.17) is 0 Å². The normalized spacial score (nSPS) is 13.4. The third-order valence-electron chi connectivity index (χ3n) is 7.58. The summed E-state index contributed by atoms with van der Waals surface area (Å²) in [4.78, 5) is 23.4. The molecule has 0 spiro atoms. The average Bonchev–Trinajstić information content (AvgIpc) is 3.84. The van der Waals surface area contributed by atoms with Crippen LogP contribution in [0.1, 0.15) is 60.3 Å². The van der Waals surface area contributed by atoms with Gasteiger partial charge < -0.3 is 21.0 Å². The number of hydrogen-bond acceptors (Lipinski definition) is 18. The summed E-state index contributed by atoms with van der Waals surface area (Å²) in [6.07, 6.45) is -4.43. The second-order valence-electron chi connectivity index (χ2n) is 13.3. The van der Waals surface area contributed by atoms with Gasteiger partial charge in [0.15, 0.2) is 41.1 Å². The van der Waals surface area contributed by atoms with Gasteiger partial charge in [-0.05, 0) is 69.9 Å². The van der Waals surface area contributed by atoms with Crippen LogP contribution in [0.5, 0.6) is 0 Å². The number of halogens is 6. The van der Waals surface area contributed by atoms with Crippen molar-refractivity contribution < 1.29 is 72.4 Å². The van der Waals surface area contributed by atoms with E-state index in [0.717, 1.165) is 60.3 Å². The fraction of sp³-hybridized carbons (Fsp3) is 0.412. The van der Waals surface area contributed by atoms with E-state index in [2.05, 4.69) is 50.8 Å². The molecule has 0 aliphatic heterocycles. The fourth-order valence-electron chi connectivity index (χ4n) is 4.96. The van der Waals surface area contributed by atoms with E-state index >= 15 is 0 Å². The van der Waals surface area contributed by atoms with Crippen LogP contribution in [0.15, 0.2) is 66.0 Å². The first-order valence-corrected chi connectivity index (χ1v) is 23.5. The number of thioether (sulfide) groups is 2. The minimum absolute atomic E-state index is 0.0464. The molecule has 2 amide bonds. The van der Waals surface area contributed by atoms with Crippen LogP contribution in [-0.4, -0.2) is 119 Å². The van der Waals surface area contributed by atoms with Gasteiger partial charge in [0, 0.05) is 48.9 Å². The van der Waals surface area contributed by atoms with Gasteiger partial charge in [-0.3, -0.25) is 9.59 Å². The first-order chi connectivity index (χ1) is 29.0. The van der Waals surface area contributed by atoms with Gasteiger partial charge in [0.05, 0.1) is 11.1 Å². The molecule has 0 saturated heterocycles. The summed E-state index contributed by atoms with van der Waals surface area (Å²) in [7, 11) is -6.92. The van der Waals surface area contributed by atoms with Crippen molar-refractivity contribution in [3.8, 4) is 0 Å². The van der Waals surface area contributed by atoms with E-state index < -0.39 is 90.7 Å². The molecule has 0 aliphatic rings. The van der Waals surface area contributed by atoms with Crippen molar-refractivity contribution in [2.24, 2.45) is 10.3 Å². The summed E-state index contributed by atoms with van der Waals surface area (Å²) in [5.41, 5.74) is -1.05. The van der Waals surface area contributed by atoms with Crippen LogP contribution < -0.4 is 10.6 Å². The quantitative estimate of drug-likeness (QED) is 0.0314. The van der Waals surface area contributed by atoms with Crippen molar-refractivity contribution in [1.82, 2.24) is 31.3 Å². The topological polar surface area (TPSA) is 269 Å². The largest absolute Gasteiger partial charge is 0.411 e. The van der Waals surface area contributed by atoms with Gasteiger partial charge in [-0.2, -0.15) is 0 Å². The number of alkyl halides is 4. The maximum atomic E-state index is 13.5. The molecule has 0 radical (unpaired) electrons. The lowest BCUT2D eigenvalue weighted by molar-refractivity contribution is -0.120. The Balaban J connectivity index is 0.000000330.